The van der Waals surface area contributed by atoms with Crippen LogP contribution in [0.15, 0.2) is 42.7 Å². The van der Waals surface area contributed by atoms with Gasteiger partial charge in [-0.15, -0.1) is 0 Å². The summed E-state index contributed by atoms with van der Waals surface area (Å²) in [4.78, 5) is 2.37. The summed E-state index contributed by atoms with van der Waals surface area (Å²) in [5.74, 6) is 0. The van der Waals surface area contributed by atoms with Crippen LogP contribution in [0.4, 0.5) is 5.69 Å². The van der Waals surface area contributed by atoms with Crippen LogP contribution in [0.5, 0.6) is 0 Å². The van der Waals surface area contributed by atoms with Gasteiger partial charge in [0.05, 0.1) is 0 Å². The fourth-order valence-corrected chi connectivity index (χ4v) is 5.02. The molecule has 1 aromatic heterocycles. The average Bonchev–Trinajstić information content (AvgIpc) is 2.93. The van der Waals surface area contributed by atoms with Crippen LogP contribution in [0.1, 0.15) is 135 Å². The molecule has 0 atom stereocenters. The van der Waals surface area contributed by atoms with Gasteiger partial charge >= 0.3 is 0 Å². The zero-order valence-corrected chi connectivity index (χ0v) is 24.5. The summed E-state index contributed by atoms with van der Waals surface area (Å²) in [6.07, 6.45) is 31.0. The van der Waals surface area contributed by atoms with Gasteiger partial charge in [-0.2, -0.15) is 0 Å². The third-order valence-corrected chi connectivity index (χ3v) is 7.52. The molecule has 0 bridgehead atoms. The molecule has 3 heteroatoms. The van der Waals surface area contributed by atoms with Crippen molar-refractivity contribution in [3.63, 3.8) is 0 Å². The molecule has 0 spiro atoms. The van der Waals surface area contributed by atoms with E-state index in [1.807, 2.05) is 6.20 Å². The van der Waals surface area contributed by atoms with Crippen molar-refractivity contribution in [2.45, 2.75) is 130 Å². The molecule has 206 valence electrons. The van der Waals surface area contributed by atoms with Crippen LogP contribution in [0.2, 0.25) is 0 Å². The zero-order valence-electron chi connectivity index (χ0n) is 24.5. The molecule has 37 heavy (non-hydrogen) atoms. The summed E-state index contributed by atoms with van der Waals surface area (Å²) in [6, 6.07) is 11.0. The van der Waals surface area contributed by atoms with Crippen LogP contribution in [0.3, 0.4) is 0 Å². The van der Waals surface area contributed by atoms with Gasteiger partial charge in [-0.05, 0) is 43.1 Å². The van der Waals surface area contributed by atoms with E-state index in [0.29, 0.717) is 0 Å². The van der Waals surface area contributed by atoms with Crippen molar-refractivity contribution in [3.05, 3.63) is 53.9 Å². The van der Waals surface area contributed by atoms with Gasteiger partial charge in [0.1, 0.15) is 6.20 Å². The molecular formula is C34H56N3+. The molecule has 0 fully saturated rings. The standard InChI is InChI=1S/C34H56N3/c1-4-7-8-9-10-11-12-13-14-15-16-17-18-19-20-21-29-37-30-28-33(31-35-37)23-22-32-24-26-34(27-25-32)36(5-2)6-3/h22-28,30-31H,4-21,29H2,1-3H3/q+1. The number of nitrogens with zero attached hydrogens (tertiary/aromatic N) is 3. The molecule has 0 N–H and O–H groups in total. The van der Waals surface area contributed by atoms with Crippen molar-refractivity contribution in [2.24, 2.45) is 0 Å². The van der Waals surface area contributed by atoms with Crippen molar-refractivity contribution in [2.75, 3.05) is 18.0 Å². The van der Waals surface area contributed by atoms with Gasteiger partial charge in [-0.25, -0.2) is 0 Å². The Morgan fingerprint density at radius 2 is 1.08 bits per heavy atom. The van der Waals surface area contributed by atoms with Gasteiger partial charge in [-0.1, -0.05) is 126 Å². The van der Waals surface area contributed by atoms with Crippen LogP contribution in [-0.2, 0) is 6.54 Å². The lowest BCUT2D eigenvalue weighted by molar-refractivity contribution is -0.754. The Morgan fingerprint density at radius 1 is 0.595 bits per heavy atom. The van der Waals surface area contributed by atoms with E-state index in [0.717, 1.165) is 25.2 Å². The maximum atomic E-state index is 4.62. The Hall–Kier alpha value is -2.16. The topological polar surface area (TPSA) is 20.0 Å². The highest BCUT2D eigenvalue weighted by Gasteiger charge is 2.03. The normalized spacial score (nSPS) is 11.4. The molecule has 2 rings (SSSR count). The molecule has 2 aromatic rings. The Labute approximate surface area is 229 Å². The molecule has 0 saturated heterocycles. The van der Waals surface area contributed by atoms with E-state index in [-0.39, 0.29) is 0 Å². The van der Waals surface area contributed by atoms with Crippen LogP contribution >= 0.6 is 0 Å². The molecule has 1 aromatic carbocycles. The first-order valence-electron chi connectivity index (χ1n) is 15.7. The molecule has 0 amide bonds. The summed E-state index contributed by atoms with van der Waals surface area (Å²) in [6.45, 7) is 9.81. The van der Waals surface area contributed by atoms with Crippen molar-refractivity contribution < 1.29 is 4.68 Å². The monoisotopic (exact) mass is 506 g/mol. The van der Waals surface area contributed by atoms with Crippen molar-refractivity contribution >= 4 is 17.8 Å². The number of unbranched alkanes of at least 4 members (excludes halogenated alkanes) is 15. The molecule has 1 heterocycles. The van der Waals surface area contributed by atoms with Gasteiger partial charge < -0.3 is 4.90 Å². The minimum Gasteiger partial charge on any atom is -0.372 e. The van der Waals surface area contributed by atoms with E-state index in [9.17, 15) is 0 Å². The summed E-state index contributed by atoms with van der Waals surface area (Å²) in [7, 11) is 0. The van der Waals surface area contributed by atoms with Crippen LogP contribution in [-0.4, -0.2) is 18.2 Å². The van der Waals surface area contributed by atoms with Gasteiger partial charge in [0.25, 0.3) is 0 Å². The summed E-state index contributed by atoms with van der Waals surface area (Å²) in [5, 5.41) is 4.62. The lowest BCUT2D eigenvalue weighted by Gasteiger charge is -2.20. The number of benzene rings is 1. The lowest BCUT2D eigenvalue weighted by Crippen LogP contribution is -2.37. The molecule has 0 aliphatic heterocycles. The number of anilines is 1. The quantitative estimate of drug-likeness (QED) is 0.117. The van der Waals surface area contributed by atoms with Gasteiger partial charge in [0.2, 0.25) is 0 Å². The number of rotatable bonds is 22. The van der Waals surface area contributed by atoms with E-state index in [2.05, 4.69) is 84.1 Å². The highest BCUT2D eigenvalue weighted by atomic mass is 15.2. The van der Waals surface area contributed by atoms with Crippen LogP contribution in [0, 0.1) is 0 Å². The van der Waals surface area contributed by atoms with Crippen molar-refractivity contribution in [1.29, 1.82) is 0 Å². The second-order valence-electron chi connectivity index (χ2n) is 10.6. The minimum atomic E-state index is 1.02. The third kappa shape index (κ3) is 14.4. The second kappa shape index (κ2) is 20.8. The highest BCUT2D eigenvalue weighted by molar-refractivity contribution is 5.70. The average molecular weight is 507 g/mol. The maximum Gasteiger partial charge on any atom is 0.196 e. The fraction of sp³-hybridized carbons (Fsp3) is 0.647. The smallest absolute Gasteiger partial charge is 0.196 e. The Morgan fingerprint density at radius 3 is 1.54 bits per heavy atom. The second-order valence-corrected chi connectivity index (χ2v) is 10.6. The first kappa shape index (κ1) is 31.1. The summed E-state index contributed by atoms with van der Waals surface area (Å²) < 4.78 is 2.08. The number of aryl methyl sites for hydroxylation is 1. The summed E-state index contributed by atoms with van der Waals surface area (Å²) in [5.41, 5.74) is 3.66. The van der Waals surface area contributed by atoms with Gasteiger partial charge in [0, 0.05) is 36.8 Å². The van der Waals surface area contributed by atoms with E-state index in [1.165, 1.54) is 114 Å². The van der Waals surface area contributed by atoms with E-state index >= 15 is 0 Å². The van der Waals surface area contributed by atoms with Gasteiger partial charge in [0.15, 0.2) is 12.7 Å². The number of hydrogen-bond acceptors (Lipinski definition) is 2. The highest BCUT2D eigenvalue weighted by Crippen LogP contribution is 2.17. The molecule has 3 nitrogen and oxygen atoms in total. The molecule has 0 aliphatic rings. The van der Waals surface area contributed by atoms with Gasteiger partial charge in [-0.3, -0.25) is 0 Å². The molecular weight excluding hydrogens is 450 g/mol. The van der Waals surface area contributed by atoms with Crippen molar-refractivity contribution in [1.82, 2.24) is 5.10 Å². The fourth-order valence-electron chi connectivity index (χ4n) is 5.02. The van der Waals surface area contributed by atoms with Crippen molar-refractivity contribution in [3.8, 4) is 0 Å². The minimum absolute atomic E-state index is 1.02. The number of hydrogen-bond donors (Lipinski definition) is 0. The Balaban J connectivity index is 1.48. The van der Waals surface area contributed by atoms with E-state index in [4.69, 9.17) is 0 Å². The van der Waals surface area contributed by atoms with Crippen LogP contribution in [0.25, 0.3) is 12.2 Å². The van der Waals surface area contributed by atoms with Crippen LogP contribution < -0.4 is 9.58 Å². The molecule has 0 unspecified atom stereocenters. The SMILES string of the molecule is CCCCCCCCCCCCCCCCCC[n+]1ccc(/C=C/c2ccc(N(CC)CC)cc2)cn1. The zero-order chi connectivity index (χ0) is 26.4. The Bertz CT molecular complexity index is 806. The number of aromatic nitrogens is 2. The first-order valence-corrected chi connectivity index (χ1v) is 15.7. The Kier molecular flexibility index (Phi) is 17.5. The maximum absolute atomic E-state index is 4.62. The molecule has 0 saturated carbocycles. The van der Waals surface area contributed by atoms with E-state index < -0.39 is 0 Å². The first-order chi connectivity index (χ1) is 18.3. The predicted molar refractivity (Wildman–Crippen MR) is 163 cm³/mol. The third-order valence-electron chi connectivity index (χ3n) is 7.52. The van der Waals surface area contributed by atoms with E-state index in [1.54, 1.807) is 0 Å². The molecule has 0 radical (unpaired) electrons. The summed E-state index contributed by atoms with van der Waals surface area (Å²) >= 11 is 0. The lowest BCUT2D eigenvalue weighted by atomic mass is 10.0. The molecule has 0 aliphatic carbocycles. The largest absolute Gasteiger partial charge is 0.372 e. The predicted octanol–water partition coefficient (Wildman–Crippen LogP) is 9.65.